The molecule has 0 aliphatic rings. The third-order valence-electron chi connectivity index (χ3n) is 3.14. The molecule has 0 aliphatic heterocycles. The first kappa shape index (κ1) is 12.8. The molecule has 1 unspecified atom stereocenters. The zero-order valence-corrected chi connectivity index (χ0v) is 11.4. The van der Waals surface area contributed by atoms with Crippen LogP contribution in [0.1, 0.15) is 42.6 Å². The first-order valence-electron chi connectivity index (χ1n) is 6.25. The van der Waals surface area contributed by atoms with Crippen molar-refractivity contribution in [1.29, 1.82) is 0 Å². The lowest BCUT2D eigenvalue weighted by Gasteiger charge is -2.15. The molecule has 0 spiro atoms. The maximum absolute atomic E-state index is 4.36. The molecule has 96 valence electrons. The Morgan fingerprint density at radius 2 is 1.72 bits per heavy atom. The largest absolute Gasteiger partial charge is 0.308 e. The Bertz CT molecular complexity index is 499. The van der Waals surface area contributed by atoms with Crippen LogP contribution in [0.25, 0.3) is 0 Å². The molecule has 2 rings (SSSR count). The molecule has 1 N–H and O–H groups in total. The quantitative estimate of drug-likeness (QED) is 0.897. The molecule has 1 atom stereocenters. The zero-order chi connectivity index (χ0) is 13.1. The number of hydrogen-bond donors (Lipinski definition) is 1. The normalized spacial score (nSPS) is 12.9. The molecule has 0 aliphatic carbocycles. The van der Waals surface area contributed by atoms with Gasteiger partial charge in [0, 0.05) is 7.05 Å². The van der Waals surface area contributed by atoms with Crippen LogP contribution in [-0.4, -0.2) is 22.0 Å². The maximum Gasteiger partial charge on any atom is 0.104 e. The molecule has 1 aromatic carbocycles. The molecule has 18 heavy (non-hydrogen) atoms. The summed E-state index contributed by atoms with van der Waals surface area (Å²) in [6.45, 7) is 4.40. The van der Waals surface area contributed by atoms with E-state index < -0.39 is 0 Å². The Morgan fingerprint density at radius 1 is 1.11 bits per heavy atom. The molecule has 0 amide bonds. The Morgan fingerprint density at radius 3 is 2.17 bits per heavy atom. The van der Waals surface area contributed by atoms with E-state index in [2.05, 4.69) is 53.6 Å². The van der Waals surface area contributed by atoms with Crippen LogP contribution in [0, 0.1) is 0 Å². The van der Waals surface area contributed by atoms with Crippen molar-refractivity contribution in [3.05, 3.63) is 47.3 Å². The molecule has 0 saturated carbocycles. The van der Waals surface area contributed by atoms with Crippen LogP contribution in [0.2, 0.25) is 0 Å². The van der Waals surface area contributed by atoms with Gasteiger partial charge in [-0.25, -0.2) is 0 Å². The van der Waals surface area contributed by atoms with Gasteiger partial charge >= 0.3 is 0 Å². The molecule has 0 saturated heterocycles. The Kier molecular flexibility index (Phi) is 3.77. The van der Waals surface area contributed by atoms with E-state index in [9.17, 15) is 0 Å². The molecule has 2 aromatic rings. The van der Waals surface area contributed by atoms with E-state index in [4.69, 9.17) is 0 Å². The highest BCUT2D eigenvalue weighted by atomic mass is 15.4. The maximum atomic E-state index is 4.36. The lowest BCUT2D eigenvalue weighted by Crippen LogP contribution is -2.18. The number of hydrogen-bond acceptors (Lipinski definition) is 3. The number of rotatable bonds is 4. The van der Waals surface area contributed by atoms with Crippen LogP contribution in [0.3, 0.4) is 0 Å². The van der Waals surface area contributed by atoms with Crippen molar-refractivity contribution in [3.8, 4) is 0 Å². The highest BCUT2D eigenvalue weighted by Crippen LogP contribution is 2.22. The van der Waals surface area contributed by atoms with Gasteiger partial charge in [-0.15, -0.1) is 0 Å². The highest BCUT2D eigenvalue weighted by molar-refractivity contribution is 5.30. The molecule has 4 heteroatoms. The third kappa shape index (κ3) is 2.59. The van der Waals surface area contributed by atoms with Gasteiger partial charge in [0.05, 0.1) is 12.2 Å². The van der Waals surface area contributed by atoms with Crippen LogP contribution in [0.15, 0.2) is 30.5 Å². The molecule has 0 bridgehead atoms. The number of nitrogens with one attached hydrogen (secondary N) is 1. The summed E-state index contributed by atoms with van der Waals surface area (Å²) in [4.78, 5) is 1.59. The van der Waals surface area contributed by atoms with Gasteiger partial charge in [0.2, 0.25) is 0 Å². The molecule has 4 nitrogen and oxygen atoms in total. The summed E-state index contributed by atoms with van der Waals surface area (Å²) >= 11 is 0. The first-order chi connectivity index (χ1) is 8.61. The van der Waals surface area contributed by atoms with Crippen molar-refractivity contribution in [2.75, 3.05) is 7.05 Å². The minimum Gasteiger partial charge on any atom is -0.308 e. The molecule has 0 fully saturated rings. The van der Waals surface area contributed by atoms with Gasteiger partial charge in [-0.3, -0.25) is 0 Å². The average molecular weight is 244 g/mol. The second-order valence-corrected chi connectivity index (χ2v) is 4.80. The zero-order valence-electron chi connectivity index (χ0n) is 11.4. The molecule has 0 radical (unpaired) electrons. The minimum absolute atomic E-state index is 0.0971. The van der Waals surface area contributed by atoms with E-state index in [-0.39, 0.29) is 6.04 Å². The van der Waals surface area contributed by atoms with E-state index in [0.29, 0.717) is 5.92 Å². The number of benzene rings is 1. The fraction of sp³-hybridized carbons (Fsp3) is 0.429. The van der Waals surface area contributed by atoms with Crippen molar-refractivity contribution in [2.24, 2.45) is 7.05 Å². The molecule has 1 aromatic heterocycles. The van der Waals surface area contributed by atoms with Gasteiger partial charge in [0.1, 0.15) is 5.69 Å². The molecule has 1 heterocycles. The Labute approximate surface area is 108 Å². The summed E-state index contributed by atoms with van der Waals surface area (Å²) < 4.78 is 0. The van der Waals surface area contributed by atoms with E-state index in [0.717, 1.165) is 5.69 Å². The van der Waals surface area contributed by atoms with Gasteiger partial charge in [-0.2, -0.15) is 15.0 Å². The first-order valence-corrected chi connectivity index (χ1v) is 6.25. The predicted molar refractivity (Wildman–Crippen MR) is 72.4 cm³/mol. The summed E-state index contributed by atoms with van der Waals surface area (Å²) in [6.07, 6.45) is 1.80. The lowest BCUT2D eigenvalue weighted by atomic mass is 9.98. The van der Waals surface area contributed by atoms with E-state index in [1.807, 2.05) is 14.1 Å². The second-order valence-electron chi connectivity index (χ2n) is 4.80. The monoisotopic (exact) mass is 244 g/mol. The summed E-state index contributed by atoms with van der Waals surface area (Å²) in [7, 11) is 3.77. The highest BCUT2D eigenvalue weighted by Gasteiger charge is 2.15. The van der Waals surface area contributed by atoms with Gasteiger partial charge in [0.25, 0.3) is 0 Å². The van der Waals surface area contributed by atoms with E-state index in [1.54, 1.807) is 11.0 Å². The van der Waals surface area contributed by atoms with Crippen LogP contribution < -0.4 is 5.32 Å². The topological polar surface area (TPSA) is 42.7 Å². The van der Waals surface area contributed by atoms with Crippen molar-refractivity contribution in [1.82, 2.24) is 20.3 Å². The van der Waals surface area contributed by atoms with Crippen molar-refractivity contribution in [3.63, 3.8) is 0 Å². The number of aryl methyl sites for hydroxylation is 1. The third-order valence-corrected chi connectivity index (χ3v) is 3.14. The van der Waals surface area contributed by atoms with Crippen molar-refractivity contribution < 1.29 is 0 Å². The lowest BCUT2D eigenvalue weighted by molar-refractivity contribution is 0.612. The van der Waals surface area contributed by atoms with Crippen LogP contribution in [-0.2, 0) is 7.05 Å². The predicted octanol–water partition coefficient (Wildman–Crippen LogP) is 2.25. The van der Waals surface area contributed by atoms with Crippen LogP contribution in [0.5, 0.6) is 0 Å². The van der Waals surface area contributed by atoms with E-state index >= 15 is 0 Å². The van der Waals surface area contributed by atoms with Gasteiger partial charge in [-0.1, -0.05) is 38.1 Å². The summed E-state index contributed by atoms with van der Waals surface area (Å²) in [5.74, 6) is 0.559. The van der Waals surface area contributed by atoms with Gasteiger partial charge < -0.3 is 5.32 Å². The van der Waals surface area contributed by atoms with Crippen LogP contribution in [0.4, 0.5) is 0 Å². The fourth-order valence-corrected chi connectivity index (χ4v) is 2.05. The fourth-order valence-electron chi connectivity index (χ4n) is 2.05. The van der Waals surface area contributed by atoms with E-state index in [1.165, 1.54) is 11.1 Å². The smallest absolute Gasteiger partial charge is 0.104 e. The number of aromatic nitrogens is 3. The average Bonchev–Trinajstić information content (AvgIpc) is 2.77. The summed E-state index contributed by atoms with van der Waals surface area (Å²) in [5, 5.41) is 11.8. The minimum atomic E-state index is 0.0971. The summed E-state index contributed by atoms with van der Waals surface area (Å²) in [6, 6.07) is 8.78. The molecular weight excluding hydrogens is 224 g/mol. The SMILES string of the molecule is CNC(c1ccc(C(C)C)cc1)c1cnn(C)n1. The standard InChI is InChI=1S/C14H20N4/c1-10(2)11-5-7-12(8-6-11)14(15-3)13-9-16-18(4)17-13/h5-10,14-15H,1-4H3. The second kappa shape index (κ2) is 5.31. The Hall–Kier alpha value is -1.68. The van der Waals surface area contributed by atoms with Crippen molar-refractivity contribution in [2.45, 2.75) is 25.8 Å². The van der Waals surface area contributed by atoms with Crippen molar-refractivity contribution >= 4 is 0 Å². The Balaban J connectivity index is 2.28. The van der Waals surface area contributed by atoms with Gasteiger partial charge in [-0.05, 0) is 24.1 Å². The van der Waals surface area contributed by atoms with Gasteiger partial charge in [0.15, 0.2) is 0 Å². The summed E-state index contributed by atoms with van der Waals surface area (Å²) in [5.41, 5.74) is 3.51. The number of nitrogens with zero attached hydrogens (tertiary/aromatic N) is 3. The van der Waals surface area contributed by atoms with Crippen LogP contribution >= 0.6 is 0 Å². The molecular formula is C14H20N4.